The van der Waals surface area contributed by atoms with E-state index in [4.69, 9.17) is 14.2 Å². The molecule has 170 valence electrons. The van der Waals surface area contributed by atoms with Crippen LogP contribution in [-0.4, -0.2) is 33.3 Å². The third-order valence-corrected chi connectivity index (χ3v) is 6.09. The van der Waals surface area contributed by atoms with Crippen LogP contribution in [0.5, 0.6) is 11.5 Å². The molecule has 0 heterocycles. The van der Waals surface area contributed by atoms with E-state index in [1.807, 2.05) is 61.5 Å². The number of carbonyl (C=O) groups is 1. The van der Waals surface area contributed by atoms with Crippen molar-refractivity contribution in [1.82, 2.24) is 5.32 Å². The van der Waals surface area contributed by atoms with E-state index >= 15 is 0 Å². The lowest BCUT2D eigenvalue weighted by Gasteiger charge is -2.18. The Morgan fingerprint density at radius 1 is 1.00 bits per heavy atom. The van der Waals surface area contributed by atoms with E-state index in [-0.39, 0.29) is 11.9 Å². The number of methoxy groups -OCH3 is 2. The maximum absolute atomic E-state index is 13.1. The number of amides is 1. The lowest BCUT2D eigenvalue weighted by atomic mass is 10.1. The van der Waals surface area contributed by atoms with Crippen LogP contribution >= 0.6 is 11.8 Å². The number of hydrogen-bond donors (Lipinski definition) is 1. The highest BCUT2D eigenvalue weighted by atomic mass is 32.2. The average molecular weight is 463 g/mol. The highest BCUT2D eigenvalue weighted by Gasteiger charge is 2.17. The molecule has 0 radical (unpaired) electrons. The summed E-state index contributed by atoms with van der Waals surface area (Å²) in [5.74, 6) is 1.02. The van der Waals surface area contributed by atoms with E-state index in [1.165, 1.54) is 11.8 Å². The number of nitrogens with one attached hydrogen (secondary N) is 1. The summed E-state index contributed by atoms with van der Waals surface area (Å²) in [4.78, 5) is 14.7. The molecule has 1 N–H and O–H groups in total. The Morgan fingerprint density at radius 3 is 2.45 bits per heavy atom. The van der Waals surface area contributed by atoms with Gasteiger partial charge in [-0.05, 0) is 48.9 Å². The second-order valence-electron chi connectivity index (χ2n) is 7.15. The van der Waals surface area contributed by atoms with Gasteiger partial charge in [-0.15, -0.1) is 0 Å². The fraction of sp³-hybridized carbons (Fsp3) is 0.231. The van der Waals surface area contributed by atoms with Crippen LogP contribution < -0.4 is 14.8 Å². The predicted octanol–water partition coefficient (Wildman–Crippen LogP) is 5.23. The zero-order valence-corrected chi connectivity index (χ0v) is 19.6. The van der Waals surface area contributed by atoms with Crippen molar-refractivity contribution in [2.24, 2.45) is 0 Å². The number of nitriles is 1. The van der Waals surface area contributed by atoms with Gasteiger partial charge in [-0.2, -0.15) is 5.26 Å². The first-order valence-electron chi connectivity index (χ1n) is 10.4. The maximum atomic E-state index is 13.1. The largest absolute Gasteiger partial charge is 0.493 e. The highest BCUT2D eigenvalue weighted by Crippen LogP contribution is 2.33. The van der Waals surface area contributed by atoms with Crippen LogP contribution in [0.1, 0.15) is 34.5 Å². The quantitative estimate of drug-likeness (QED) is 0.415. The van der Waals surface area contributed by atoms with Crippen molar-refractivity contribution in [3.05, 3.63) is 83.4 Å². The molecule has 0 bridgehead atoms. The summed E-state index contributed by atoms with van der Waals surface area (Å²) >= 11 is 1.40. The first kappa shape index (κ1) is 24.2. The summed E-state index contributed by atoms with van der Waals surface area (Å²) in [6.45, 7) is 2.81. The summed E-state index contributed by atoms with van der Waals surface area (Å²) < 4.78 is 16.2. The van der Waals surface area contributed by atoms with Gasteiger partial charge in [-0.3, -0.25) is 4.79 Å². The molecule has 0 aliphatic rings. The van der Waals surface area contributed by atoms with Gasteiger partial charge >= 0.3 is 0 Å². The molecule has 3 aromatic rings. The summed E-state index contributed by atoms with van der Waals surface area (Å²) in [5, 5.41) is 12.4. The van der Waals surface area contributed by atoms with Crippen molar-refractivity contribution in [2.75, 3.05) is 27.4 Å². The topological polar surface area (TPSA) is 80.6 Å². The lowest BCUT2D eigenvalue weighted by molar-refractivity contribution is 0.0937. The van der Waals surface area contributed by atoms with Gasteiger partial charge in [0.25, 0.3) is 5.91 Å². The Labute approximate surface area is 198 Å². The third kappa shape index (κ3) is 6.28. The Bertz CT molecular complexity index is 1140. The summed E-state index contributed by atoms with van der Waals surface area (Å²) in [7, 11) is 3.20. The van der Waals surface area contributed by atoms with Gasteiger partial charge in [0.1, 0.15) is 12.7 Å². The van der Waals surface area contributed by atoms with Crippen molar-refractivity contribution in [3.63, 3.8) is 0 Å². The minimum atomic E-state index is -0.260. The van der Waals surface area contributed by atoms with Crippen LogP contribution in [0.3, 0.4) is 0 Å². The van der Waals surface area contributed by atoms with Crippen LogP contribution in [0.2, 0.25) is 0 Å². The maximum Gasteiger partial charge on any atom is 0.252 e. The molecule has 1 atom stereocenters. The number of nitrogens with zero attached hydrogens (tertiary/aromatic N) is 1. The summed E-state index contributed by atoms with van der Waals surface area (Å²) in [6, 6.07) is 22.3. The van der Waals surface area contributed by atoms with Crippen molar-refractivity contribution < 1.29 is 19.0 Å². The smallest absolute Gasteiger partial charge is 0.252 e. The van der Waals surface area contributed by atoms with E-state index in [1.54, 1.807) is 26.4 Å². The second kappa shape index (κ2) is 12.0. The number of hydrogen-bond acceptors (Lipinski definition) is 6. The number of benzene rings is 3. The molecule has 3 aromatic carbocycles. The molecule has 0 aromatic heterocycles. The van der Waals surface area contributed by atoms with E-state index in [9.17, 15) is 10.1 Å². The normalized spacial score (nSPS) is 11.3. The molecule has 0 fully saturated rings. The molecule has 0 aliphatic heterocycles. The zero-order valence-electron chi connectivity index (χ0n) is 18.8. The van der Waals surface area contributed by atoms with Gasteiger partial charge in [0, 0.05) is 16.9 Å². The van der Waals surface area contributed by atoms with Crippen LogP contribution in [0, 0.1) is 11.3 Å². The van der Waals surface area contributed by atoms with Gasteiger partial charge in [-0.25, -0.2) is 0 Å². The van der Waals surface area contributed by atoms with Gasteiger partial charge in [-0.1, -0.05) is 42.1 Å². The average Bonchev–Trinajstić information content (AvgIpc) is 2.84. The SMILES string of the molecule is COCCOc1ccc(C(C)NC(=O)c2ccccc2Sc2ccccc2C#N)cc1OC. The molecule has 0 spiro atoms. The number of rotatable bonds is 10. The molecule has 6 nitrogen and oxygen atoms in total. The highest BCUT2D eigenvalue weighted by molar-refractivity contribution is 7.99. The predicted molar refractivity (Wildman–Crippen MR) is 128 cm³/mol. The Hall–Kier alpha value is -3.47. The molecule has 1 amide bonds. The van der Waals surface area contributed by atoms with Crippen molar-refractivity contribution >= 4 is 17.7 Å². The minimum Gasteiger partial charge on any atom is -0.493 e. The van der Waals surface area contributed by atoms with Crippen LogP contribution in [-0.2, 0) is 4.74 Å². The first-order chi connectivity index (χ1) is 16.1. The molecule has 0 saturated carbocycles. The molecule has 1 unspecified atom stereocenters. The van der Waals surface area contributed by atoms with E-state index in [0.717, 1.165) is 15.4 Å². The van der Waals surface area contributed by atoms with Gasteiger partial charge in [0.05, 0.1) is 30.9 Å². The Morgan fingerprint density at radius 2 is 1.73 bits per heavy atom. The van der Waals surface area contributed by atoms with Crippen molar-refractivity contribution in [1.29, 1.82) is 5.26 Å². The molecule has 0 aliphatic carbocycles. The number of ether oxygens (including phenoxy) is 3. The van der Waals surface area contributed by atoms with Crippen LogP contribution in [0.4, 0.5) is 0 Å². The molecule has 33 heavy (non-hydrogen) atoms. The van der Waals surface area contributed by atoms with Crippen molar-refractivity contribution in [2.45, 2.75) is 22.8 Å². The third-order valence-electron chi connectivity index (χ3n) is 4.94. The molecule has 3 rings (SSSR count). The molecule has 7 heteroatoms. The Kier molecular flexibility index (Phi) is 8.76. The van der Waals surface area contributed by atoms with Crippen LogP contribution in [0.15, 0.2) is 76.5 Å². The van der Waals surface area contributed by atoms with Crippen LogP contribution in [0.25, 0.3) is 0 Å². The fourth-order valence-corrected chi connectivity index (χ4v) is 4.20. The van der Waals surface area contributed by atoms with Crippen molar-refractivity contribution in [3.8, 4) is 17.6 Å². The van der Waals surface area contributed by atoms with Gasteiger partial charge in [0.15, 0.2) is 11.5 Å². The molecular formula is C26H26N2O4S. The van der Waals surface area contributed by atoms with Gasteiger partial charge < -0.3 is 19.5 Å². The van der Waals surface area contributed by atoms with E-state index in [0.29, 0.717) is 35.8 Å². The second-order valence-corrected chi connectivity index (χ2v) is 8.24. The number of carbonyl (C=O) groups excluding carboxylic acids is 1. The molecule has 0 saturated heterocycles. The van der Waals surface area contributed by atoms with Gasteiger partial charge in [0.2, 0.25) is 0 Å². The minimum absolute atomic E-state index is 0.195. The summed E-state index contributed by atoms with van der Waals surface area (Å²) in [5.41, 5.74) is 2.01. The monoisotopic (exact) mass is 462 g/mol. The zero-order chi connectivity index (χ0) is 23.6. The standard InChI is InChI=1S/C26H26N2O4S/c1-18(19-12-13-22(23(16-19)31-3)32-15-14-30-2)28-26(29)21-9-5-7-11-25(21)33-24-10-6-4-8-20(24)17-27/h4-13,16,18H,14-15H2,1-3H3,(H,28,29). The summed E-state index contributed by atoms with van der Waals surface area (Å²) in [6.07, 6.45) is 0. The van der Waals surface area contributed by atoms with E-state index in [2.05, 4.69) is 11.4 Å². The lowest BCUT2D eigenvalue weighted by Crippen LogP contribution is -2.27. The fourth-order valence-electron chi connectivity index (χ4n) is 3.18. The van der Waals surface area contributed by atoms with E-state index < -0.39 is 0 Å². The Balaban J connectivity index is 1.76. The first-order valence-corrected chi connectivity index (χ1v) is 11.3. The molecular weight excluding hydrogens is 436 g/mol.